The number of hydrogen-bond donors (Lipinski definition) is 2. The second kappa shape index (κ2) is 49.5. The van der Waals surface area contributed by atoms with Crippen LogP contribution in [0.1, 0.15) is 266 Å². The third-order valence-electron chi connectivity index (χ3n) is 24.8. The van der Waals surface area contributed by atoms with Gasteiger partial charge in [-0.1, -0.05) is 145 Å². The van der Waals surface area contributed by atoms with E-state index in [1.807, 2.05) is 156 Å². The largest absolute Gasteiger partial charge is 2.00 e. The molecule has 11 aliphatic rings. The maximum absolute atomic E-state index is 13.6. The predicted molar refractivity (Wildman–Crippen MR) is 534 cm³/mol. The molecule has 19 heteroatoms. The summed E-state index contributed by atoms with van der Waals surface area (Å²) in [7, 11) is 0. The summed E-state index contributed by atoms with van der Waals surface area (Å²) in [6.45, 7) is 42.1. The zero-order chi connectivity index (χ0) is 95.5. The first-order valence-electron chi connectivity index (χ1n) is 48.6. The van der Waals surface area contributed by atoms with Gasteiger partial charge in [0.05, 0.1) is 33.6 Å². The number of ketones is 2. The quantitative estimate of drug-likeness (QED) is 0.106. The molecule has 21 rings (SSSR count). The summed E-state index contributed by atoms with van der Waals surface area (Å²) in [5.41, 5.74) is 15.2. The van der Waals surface area contributed by atoms with E-state index in [0.717, 1.165) is 206 Å². The Labute approximate surface area is 828 Å². The zero-order valence-electron chi connectivity index (χ0n) is 82.4. The number of allylic oxidation sites excluding steroid dienone is 8. The Bertz CT molecular complexity index is 4940. The number of Topliss-reactive ketones (excluding diaryl/α,β-unsaturated/α-hetero) is 2. The summed E-state index contributed by atoms with van der Waals surface area (Å²) in [6, 6.07) is 70.1. The summed E-state index contributed by atoms with van der Waals surface area (Å²) in [5, 5.41) is 33.3. The molecule has 0 atom stereocenters. The SMILES string of the molecule is C1CCOC1.C1CCOC1.C1CCOC1.C1CCOC1.C1CCOC1.C1CCOC1.C1CCOC1.CC(C)(C)C1=CC(C(C)(C)C)=C([O-])C(=O)/C1=C\Nc1cccc2c1Oc1c(N/C=C3\C(=O)C([O-])=C(C(C)(C)C)C=C3C(C)(C)C)cccc1C2(C)C.[Zr+2].c1ccc([C+]2c3ccc([n-]3)[C+](c3ccccc3)c3ccc([n-]3)[C+](c3ccccc3)c3ccc([n-]3)[C+](c3ccccc3)c3ccc2[n-]3)cc1. The van der Waals surface area contributed by atoms with Crippen LogP contribution in [0.25, 0.3) is 0 Å². The summed E-state index contributed by atoms with van der Waals surface area (Å²) in [4.78, 5) is 48.5. The van der Waals surface area contributed by atoms with Gasteiger partial charge in [0.25, 0.3) is 0 Å². The molecule has 18 nitrogen and oxygen atoms in total. The van der Waals surface area contributed by atoms with Gasteiger partial charge < -0.3 is 78.7 Å². The zero-order valence-corrected chi connectivity index (χ0v) is 84.9. The van der Waals surface area contributed by atoms with Gasteiger partial charge in [0.15, 0.2) is 23.1 Å². The first-order valence-corrected chi connectivity index (χ1v) is 48.6. The van der Waals surface area contributed by atoms with Crippen LogP contribution in [0.4, 0.5) is 11.4 Å². The Kier molecular flexibility index (Phi) is 38.0. The molecule has 7 fully saturated rings. The summed E-state index contributed by atoms with van der Waals surface area (Å²) < 4.78 is 41.3. The Balaban J connectivity index is 0.000000178. The Morgan fingerprint density at radius 1 is 0.301 bits per heavy atom. The fourth-order valence-corrected chi connectivity index (χ4v) is 17.3. The van der Waals surface area contributed by atoms with Crippen LogP contribution in [-0.4, -0.2) is 104 Å². The minimum atomic E-state index is -0.535. The smallest absolute Gasteiger partial charge is 0.870 e. The molecule has 0 spiro atoms. The van der Waals surface area contributed by atoms with Crippen molar-refractivity contribution >= 4 is 22.9 Å². The molecule has 13 heterocycles. The van der Waals surface area contributed by atoms with Gasteiger partial charge in [-0.3, -0.25) is 9.59 Å². The molecule has 0 amide bonds. The first-order chi connectivity index (χ1) is 65.1. The molecule has 10 aromatic rings. The van der Waals surface area contributed by atoms with Crippen LogP contribution in [0.2, 0.25) is 0 Å². The Morgan fingerprint density at radius 2 is 0.515 bits per heavy atom. The fourth-order valence-electron chi connectivity index (χ4n) is 17.3. The van der Waals surface area contributed by atoms with E-state index in [9.17, 15) is 19.8 Å². The number of hydrogen-bond acceptors (Lipinski definition) is 14. The molecule has 4 aromatic heterocycles. The molecule has 2 N–H and O–H groups in total. The number of para-hydroxylation sites is 2. The normalized spacial score (nSPS) is 18.2. The van der Waals surface area contributed by atoms with Crippen LogP contribution in [0, 0.1) is 45.3 Å². The van der Waals surface area contributed by atoms with Crippen molar-refractivity contribution < 1.29 is 83.9 Å². The van der Waals surface area contributed by atoms with E-state index in [4.69, 9.17) is 57.8 Å². The number of carbonyl (C=O) groups excluding carboxylic acids is 2. The van der Waals surface area contributed by atoms with Gasteiger partial charge >= 0.3 is 26.2 Å². The first kappa shape index (κ1) is 104. The monoisotopic (exact) mass is 1910 g/mol. The van der Waals surface area contributed by atoms with E-state index in [0.29, 0.717) is 45.2 Å². The van der Waals surface area contributed by atoms with Crippen molar-refractivity contribution in [1.29, 1.82) is 0 Å². The van der Waals surface area contributed by atoms with Gasteiger partial charge in [-0.05, 0) is 264 Å². The van der Waals surface area contributed by atoms with Crippen molar-refractivity contribution in [1.82, 2.24) is 19.9 Å². The van der Waals surface area contributed by atoms with E-state index in [2.05, 4.69) is 170 Å². The van der Waals surface area contributed by atoms with E-state index in [1.165, 1.54) is 89.9 Å². The number of rotatable bonds is 8. The average molecular weight is 1910 g/mol. The summed E-state index contributed by atoms with van der Waals surface area (Å²) >= 11 is 0. The topological polar surface area (TPSA) is 235 Å². The van der Waals surface area contributed by atoms with Crippen LogP contribution >= 0.6 is 0 Å². The minimum Gasteiger partial charge on any atom is -0.870 e. The molecule has 0 radical (unpaired) electrons. The molecule has 136 heavy (non-hydrogen) atoms. The molecule has 2 aliphatic carbocycles. The molecule has 0 saturated carbocycles. The van der Waals surface area contributed by atoms with Gasteiger partial charge in [0, 0.05) is 253 Å². The predicted octanol–water partition coefficient (Wildman–Crippen LogP) is 22.6. The molecule has 7 saturated heterocycles. The second-order valence-corrected chi connectivity index (χ2v) is 39.8. The molecule has 8 bridgehead atoms. The molecule has 9 aliphatic heterocycles. The Hall–Kier alpha value is -10.7. The van der Waals surface area contributed by atoms with Gasteiger partial charge in [-0.25, -0.2) is 0 Å². The number of carbonyl (C=O) groups is 2. The van der Waals surface area contributed by atoms with Crippen molar-refractivity contribution in [2.24, 2.45) is 21.7 Å². The van der Waals surface area contributed by atoms with E-state index in [-0.39, 0.29) is 26.2 Å². The van der Waals surface area contributed by atoms with Gasteiger partial charge in [-0.2, -0.15) is 0 Å². The van der Waals surface area contributed by atoms with Crippen LogP contribution in [0.3, 0.4) is 0 Å². The van der Waals surface area contributed by atoms with Crippen LogP contribution in [0.5, 0.6) is 11.5 Å². The Morgan fingerprint density at radius 3 is 0.699 bits per heavy atom. The van der Waals surface area contributed by atoms with Crippen molar-refractivity contribution in [3.63, 3.8) is 0 Å². The average Bonchev–Trinajstić information content (AvgIpc) is 0.882. The number of nitrogens with one attached hydrogen (secondary N) is 2. The van der Waals surface area contributed by atoms with Crippen LogP contribution in [0.15, 0.2) is 276 Å². The van der Waals surface area contributed by atoms with Crippen LogP contribution < -0.4 is 45.5 Å². The van der Waals surface area contributed by atoms with E-state index in [1.54, 1.807) is 12.4 Å². The number of fused-ring (bicyclic) bond motifs is 10. The van der Waals surface area contributed by atoms with Crippen molar-refractivity contribution in [3.8, 4) is 11.5 Å². The standard InChI is InChI=1S/C45H56N2O5.C44H28N4.7C4H8O.Zr/c1-41(2,3)29-21-31(43(7,8)9)37(50)35(48)25(29)23-46-33-19-15-17-27-39(33)52-40-28(45(27,13)14)18-16-20-34(40)47-24-26-30(42(4,5)6)22-32(44(10,11)12)38(51)36(26)49;1-5-13-29(14-6-1)41-33-21-23-35(45-33)42(30-15-7-2-8-16-30)37-25-27-39(47-37)44(32-19-11-4-12-20-32)40-28-26-38(48-40)43(31-17-9-3-10-18-31)36-24-22-34(41)46-36;7*1-2-4-5-3-1;/h15-24,46-47,50-51H,1-14H3;1-28H;7*1-4H2;/q;;;;;;;;;+2/p-2/b25-23-,26-24-;;;;;;;;;. The molecule has 712 valence electrons. The number of nitrogens with zero attached hydrogens (tertiary/aromatic N) is 4. The van der Waals surface area contributed by atoms with Crippen LogP contribution in [-0.2, 0) is 74.4 Å². The fraction of sp³-hybridized carbons (Fsp3) is 0.402. The third kappa shape index (κ3) is 27.6. The van der Waals surface area contributed by atoms with Crippen molar-refractivity contribution in [2.45, 2.75) is 192 Å². The van der Waals surface area contributed by atoms with Gasteiger partial charge in [0.2, 0.25) is 0 Å². The summed E-state index contributed by atoms with van der Waals surface area (Å²) in [5.74, 6) is 3.03. The number of ether oxygens (including phenoxy) is 8. The van der Waals surface area contributed by atoms with Gasteiger partial charge in [-0.15, -0.1) is 0 Å². The third-order valence-corrected chi connectivity index (χ3v) is 24.8. The second-order valence-electron chi connectivity index (χ2n) is 39.8. The molecular weight excluding hydrogens is 1770 g/mol. The minimum absolute atomic E-state index is 0. The number of aromatic nitrogens is 4. The van der Waals surface area contributed by atoms with Gasteiger partial charge in [0.1, 0.15) is 0 Å². The molecular formula is C117H138N6O12Zr. The van der Waals surface area contributed by atoms with E-state index < -0.39 is 50.2 Å². The number of anilines is 2. The summed E-state index contributed by atoms with van der Waals surface area (Å²) in [6.07, 6.45) is 24.9. The van der Waals surface area contributed by atoms with Crippen molar-refractivity contribution in [2.75, 3.05) is 103 Å². The number of benzene rings is 6. The van der Waals surface area contributed by atoms with Crippen molar-refractivity contribution in [3.05, 3.63) is 378 Å². The maximum atomic E-state index is 13.6. The molecule has 6 aromatic carbocycles. The van der Waals surface area contributed by atoms with E-state index >= 15 is 0 Å². The maximum Gasteiger partial charge on any atom is 2.00 e. The molecule has 0 unspecified atom stereocenters.